The minimum Gasteiger partial charge on any atom is -0.345 e. The molecule has 25 heavy (non-hydrogen) atoms. The molecule has 0 saturated carbocycles. The highest BCUT2D eigenvalue weighted by Crippen LogP contribution is 2.32. The zero-order chi connectivity index (χ0) is 17.4. The number of pyridine rings is 1. The zero-order valence-electron chi connectivity index (χ0n) is 14.4. The standard InChI is InChI=1S/C19H20N4OS/c1-13-11-14(2)17-16(12-13)25-19(21-17)23-9-7-22(8-10-23)18(24)15-5-3-4-6-20-15/h3-6,11-12H,7-10H2,1-2H3. The van der Waals surface area contributed by atoms with Crippen molar-refractivity contribution in [2.24, 2.45) is 0 Å². The number of rotatable bonds is 2. The predicted molar refractivity (Wildman–Crippen MR) is 101 cm³/mol. The molecule has 0 N–H and O–H groups in total. The first kappa shape index (κ1) is 16.0. The van der Waals surface area contributed by atoms with Crippen LogP contribution in [0.4, 0.5) is 5.13 Å². The summed E-state index contributed by atoms with van der Waals surface area (Å²) in [6, 6.07) is 9.82. The maximum atomic E-state index is 12.5. The van der Waals surface area contributed by atoms with Crippen molar-refractivity contribution in [2.45, 2.75) is 13.8 Å². The molecule has 1 aliphatic heterocycles. The second kappa shape index (κ2) is 6.44. The van der Waals surface area contributed by atoms with Crippen molar-refractivity contribution < 1.29 is 4.79 Å². The number of piperazine rings is 1. The van der Waals surface area contributed by atoms with Gasteiger partial charge in [0.2, 0.25) is 0 Å². The first-order valence-corrected chi connectivity index (χ1v) is 9.26. The van der Waals surface area contributed by atoms with Gasteiger partial charge in [-0.25, -0.2) is 4.98 Å². The van der Waals surface area contributed by atoms with E-state index in [2.05, 4.69) is 35.9 Å². The van der Waals surface area contributed by atoms with Crippen LogP contribution in [0.5, 0.6) is 0 Å². The number of hydrogen-bond acceptors (Lipinski definition) is 5. The van der Waals surface area contributed by atoms with E-state index in [1.54, 1.807) is 23.6 Å². The highest BCUT2D eigenvalue weighted by Gasteiger charge is 2.24. The summed E-state index contributed by atoms with van der Waals surface area (Å²) in [6.07, 6.45) is 1.66. The molecule has 3 heterocycles. The van der Waals surface area contributed by atoms with Crippen molar-refractivity contribution in [2.75, 3.05) is 31.1 Å². The van der Waals surface area contributed by atoms with Crippen LogP contribution in [0.15, 0.2) is 36.5 Å². The molecular formula is C19H20N4OS. The summed E-state index contributed by atoms with van der Waals surface area (Å²) in [4.78, 5) is 25.7. The lowest BCUT2D eigenvalue weighted by Crippen LogP contribution is -2.49. The van der Waals surface area contributed by atoms with E-state index < -0.39 is 0 Å². The summed E-state index contributed by atoms with van der Waals surface area (Å²) in [7, 11) is 0. The van der Waals surface area contributed by atoms with Crippen molar-refractivity contribution in [1.82, 2.24) is 14.9 Å². The third kappa shape index (κ3) is 3.09. The van der Waals surface area contributed by atoms with E-state index in [1.165, 1.54) is 15.8 Å². The Morgan fingerprint density at radius 2 is 1.92 bits per heavy atom. The molecule has 1 amide bonds. The Hall–Kier alpha value is -2.47. The number of fused-ring (bicyclic) bond motifs is 1. The Labute approximate surface area is 150 Å². The number of aryl methyl sites for hydroxylation is 2. The van der Waals surface area contributed by atoms with Crippen LogP contribution in [0.25, 0.3) is 10.2 Å². The molecule has 128 valence electrons. The van der Waals surface area contributed by atoms with Gasteiger partial charge in [-0.1, -0.05) is 23.5 Å². The van der Waals surface area contributed by atoms with Crippen LogP contribution in [-0.2, 0) is 0 Å². The van der Waals surface area contributed by atoms with E-state index in [0.29, 0.717) is 18.8 Å². The molecule has 3 aromatic rings. The first-order chi connectivity index (χ1) is 12.1. The molecule has 1 aliphatic rings. The van der Waals surface area contributed by atoms with Crippen LogP contribution >= 0.6 is 11.3 Å². The fourth-order valence-corrected chi connectivity index (χ4v) is 4.44. The number of carbonyl (C=O) groups excluding carboxylic acids is 1. The van der Waals surface area contributed by atoms with Gasteiger partial charge in [0, 0.05) is 32.4 Å². The van der Waals surface area contributed by atoms with Crippen molar-refractivity contribution in [1.29, 1.82) is 0 Å². The number of nitrogens with zero attached hydrogens (tertiary/aromatic N) is 4. The maximum absolute atomic E-state index is 12.5. The maximum Gasteiger partial charge on any atom is 0.272 e. The molecule has 5 nitrogen and oxygen atoms in total. The highest BCUT2D eigenvalue weighted by molar-refractivity contribution is 7.22. The average Bonchev–Trinajstić information content (AvgIpc) is 3.06. The van der Waals surface area contributed by atoms with E-state index in [4.69, 9.17) is 4.98 Å². The summed E-state index contributed by atoms with van der Waals surface area (Å²) < 4.78 is 1.24. The fraction of sp³-hybridized carbons (Fsp3) is 0.316. The van der Waals surface area contributed by atoms with Gasteiger partial charge in [0.25, 0.3) is 5.91 Å². The van der Waals surface area contributed by atoms with Crippen LogP contribution in [0, 0.1) is 13.8 Å². The topological polar surface area (TPSA) is 49.3 Å². The largest absolute Gasteiger partial charge is 0.345 e. The lowest BCUT2D eigenvalue weighted by Gasteiger charge is -2.34. The molecule has 6 heteroatoms. The molecule has 2 aromatic heterocycles. The van der Waals surface area contributed by atoms with E-state index >= 15 is 0 Å². The van der Waals surface area contributed by atoms with Gasteiger partial charge in [-0.3, -0.25) is 9.78 Å². The van der Waals surface area contributed by atoms with Crippen LogP contribution in [0.3, 0.4) is 0 Å². The number of benzene rings is 1. The summed E-state index contributed by atoms with van der Waals surface area (Å²) in [5.74, 6) is 0.0102. The van der Waals surface area contributed by atoms with Gasteiger partial charge in [0.05, 0.1) is 10.2 Å². The van der Waals surface area contributed by atoms with Crippen molar-refractivity contribution >= 4 is 32.6 Å². The summed E-state index contributed by atoms with van der Waals surface area (Å²) in [5, 5.41) is 1.05. The monoisotopic (exact) mass is 352 g/mol. The molecule has 0 bridgehead atoms. The zero-order valence-corrected chi connectivity index (χ0v) is 15.2. The van der Waals surface area contributed by atoms with Crippen LogP contribution in [-0.4, -0.2) is 47.0 Å². The Balaban J connectivity index is 1.49. The molecule has 0 atom stereocenters. The van der Waals surface area contributed by atoms with Gasteiger partial charge in [-0.2, -0.15) is 0 Å². The van der Waals surface area contributed by atoms with Crippen LogP contribution in [0.1, 0.15) is 21.6 Å². The van der Waals surface area contributed by atoms with Gasteiger partial charge >= 0.3 is 0 Å². The third-order valence-corrected chi connectivity index (χ3v) is 5.60. The number of carbonyl (C=O) groups is 1. The van der Waals surface area contributed by atoms with Crippen LogP contribution < -0.4 is 4.90 Å². The van der Waals surface area contributed by atoms with E-state index in [-0.39, 0.29) is 5.91 Å². The number of thiazole rings is 1. The van der Waals surface area contributed by atoms with Crippen molar-refractivity contribution in [3.05, 3.63) is 53.3 Å². The van der Waals surface area contributed by atoms with Gasteiger partial charge in [0.1, 0.15) is 5.69 Å². The second-order valence-corrected chi connectivity index (χ2v) is 7.43. The molecule has 0 radical (unpaired) electrons. The van der Waals surface area contributed by atoms with Crippen molar-refractivity contribution in [3.8, 4) is 0 Å². The summed E-state index contributed by atoms with van der Waals surface area (Å²) in [6.45, 7) is 7.23. The third-order valence-electron chi connectivity index (χ3n) is 4.54. The summed E-state index contributed by atoms with van der Waals surface area (Å²) >= 11 is 1.74. The molecule has 4 rings (SSSR count). The summed E-state index contributed by atoms with van der Waals surface area (Å²) in [5.41, 5.74) is 4.10. The second-order valence-electron chi connectivity index (χ2n) is 6.42. The minimum absolute atomic E-state index is 0.0102. The van der Waals surface area contributed by atoms with Gasteiger partial charge in [-0.05, 0) is 43.2 Å². The molecule has 0 unspecified atom stereocenters. The number of amides is 1. The van der Waals surface area contributed by atoms with E-state index in [9.17, 15) is 4.79 Å². The molecule has 1 aromatic carbocycles. The molecular weight excluding hydrogens is 332 g/mol. The Bertz CT molecular complexity index is 914. The number of hydrogen-bond donors (Lipinski definition) is 0. The predicted octanol–water partition coefficient (Wildman–Crippen LogP) is 3.27. The fourth-order valence-electron chi connectivity index (χ4n) is 3.25. The van der Waals surface area contributed by atoms with E-state index in [0.717, 1.165) is 23.7 Å². The lowest BCUT2D eigenvalue weighted by atomic mass is 10.1. The smallest absolute Gasteiger partial charge is 0.272 e. The quantitative estimate of drug-likeness (QED) is 0.710. The van der Waals surface area contributed by atoms with Gasteiger partial charge in [0.15, 0.2) is 5.13 Å². The minimum atomic E-state index is 0.0102. The Morgan fingerprint density at radius 1 is 1.12 bits per heavy atom. The lowest BCUT2D eigenvalue weighted by molar-refractivity contribution is 0.0741. The van der Waals surface area contributed by atoms with Gasteiger partial charge < -0.3 is 9.80 Å². The Morgan fingerprint density at radius 3 is 2.64 bits per heavy atom. The normalized spacial score (nSPS) is 15.0. The SMILES string of the molecule is Cc1cc(C)c2nc(N3CCN(C(=O)c4ccccn4)CC3)sc2c1. The molecule has 1 fully saturated rings. The van der Waals surface area contributed by atoms with E-state index in [1.807, 2.05) is 17.0 Å². The van der Waals surface area contributed by atoms with Crippen LogP contribution in [0.2, 0.25) is 0 Å². The Kier molecular flexibility index (Phi) is 4.13. The van der Waals surface area contributed by atoms with Gasteiger partial charge in [-0.15, -0.1) is 0 Å². The average molecular weight is 352 g/mol. The molecule has 0 aliphatic carbocycles. The number of aromatic nitrogens is 2. The number of anilines is 1. The molecule has 1 saturated heterocycles. The molecule has 0 spiro atoms. The first-order valence-electron chi connectivity index (χ1n) is 8.45. The highest BCUT2D eigenvalue weighted by atomic mass is 32.1. The van der Waals surface area contributed by atoms with Crippen molar-refractivity contribution in [3.63, 3.8) is 0 Å².